The van der Waals surface area contributed by atoms with Crippen molar-refractivity contribution in [1.29, 1.82) is 5.26 Å². The molecule has 0 spiro atoms. The van der Waals surface area contributed by atoms with Gasteiger partial charge in [-0.15, -0.1) is 0 Å². The van der Waals surface area contributed by atoms with Gasteiger partial charge in [0, 0.05) is 19.0 Å². The highest BCUT2D eigenvalue weighted by atomic mass is 16.5. The number of ether oxygens (including phenoxy) is 1. The van der Waals surface area contributed by atoms with Gasteiger partial charge in [-0.2, -0.15) is 5.26 Å². The Kier molecular flexibility index (Phi) is 3.06. The van der Waals surface area contributed by atoms with E-state index in [1.807, 2.05) is 6.07 Å². The molecule has 1 N–H and O–H groups in total. The number of nitrogens with one attached hydrogen (secondary N) is 1. The Hall–Kier alpha value is -2.02. The molecule has 16 heavy (non-hydrogen) atoms. The van der Waals surface area contributed by atoms with E-state index in [0.29, 0.717) is 11.3 Å². The van der Waals surface area contributed by atoms with Crippen LogP contribution in [-0.2, 0) is 0 Å². The number of aliphatic imine (C=N–C) groups is 1. The van der Waals surface area contributed by atoms with Gasteiger partial charge in [0.05, 0.1) is 24.4 Å². The molecule has 4 heteroatoms. The number of nitriles is 1. The van der Waals surface area contributed by atoms with Crippen LogP contribution in [0.15, 0.2) is 23.2 Å². The Morgan fingerprint density at radius 1 is 1.50 bits per heavy atom. The van der Waals surface area contributed by atoms with Gasteiger partial charge in [0.25, 0.3) is 0 Å². The van der Waals surface area contributed by atoms with Crippen molar-refractivity contribution in [3.63, 3.8) is 0 Å². The first-order valence-electron chi connectivity index (χ1n) is 5.22. The first-order valence-corrected chi connectivity index (χ1v) is 5.22. The van der Waals surface area contributed by atoms with Gasteiger partial charge in [0.15, 0.2) is 0 Å². The molecular weight excluding hydrogens is 202 g/mol. The standard InChI is InChI=1S/C12H13N3O/c1-16-11-7-9(8-13)4-5-10(11)15-12-3-2-6-14-12/h4-5,7H,2-3,6H2,1H3,(H,14,15). The second-order valence-corrected chi connectivity index (χ2v) is 3.58. The summed E-state index contributed by atoms with van der Waals surface area (Å²) in [6, 6.07) is 7.41. The lowest BCUT2D eigenvalue weighted by Gasteiger charge is -2.10. The number of hydrogen-bond acceptors (Lipinski definition) is 4. The van der Waals surface area contributed by atoms with Crippen LogP contribution in [0, 0.1) is 11.3 Å². The second kappa shape index (κ2) is 4.67. The van der Waals surface area contributed by atoms with Crippen LogP contribution in [0.2, 0.25) is 0 Å². The molecule has 1 aliphatic heterocycles. The third-order valence-electron chi connectivity index (χ3n) is 2.48. The van der Waals surface area contributed by atoms with Crippen molar-refractivity contribution in [2.24, 2.45) is 4.99 Å². The lowest BCUT2D eigenvalue weighted by atomic mass is 10.2. The third kappa shape index (κ3) is 2.14. The molecule has 0 saturated carbocycles. The van der Waals surface area contributed by atoms with E-state index in [1.54, 1.807) is 19.2 Å². The summed E-state index contributed by atoms with van der Waals surface area (Å²) in [7, 11) is 1.60. The van der Waals surface area contributed by atoms with E-state index in [-0.39, 0.29) is 0 Å². The molecule has 0 fully saturated rings. The predicted molar refractivity (Wildman–Crippen MR) is 62.9 cm³/mol. The van der Waals surface area contributed by atoms with Crippen molar-refractivity contribution in [3.05, 3.63) is 23.8 Å². The van der Waals surface area contributed by atoms with Crippen LogP contribution in [-0.4, -0.2) is 19.5 Å². The van der Waals surface area contributed by atoms with Crippen molar-refractivity contribution < 1.29 is 4.74 Å². The number of amidine groups is 1. The summed E-state index contributed by atoms with van der Waals surface area (Å²) in [5, 5.41) is 12.0. The summed E-state index contributed by atoms with van der Waals surface area (Å²) >= 11 is 0. The van der Waals surface area contributed by atoms with E-state index >= 15 is 0 Å². The first-order chi connectivity index (χ1) is 7.83. The van der Waals surface area contributed by atoms with Crippen LogP contribution >= 0.6 is 0 Å². The van der Waals surface area contributed by atoms with E-state index in [2.05, 4.69) is 16.4 Å². The minimum atomic E-state index is 0.593. The number of anilines is 1. The van der Waals surface area contributed by atoms with Crippen molar-refractivity contribution in [2.45, 2.75) is 12.8 Å². The van der Waals surface area contributed by atoms with Crippen molar-refractivity contribution in [2.75, 3.05) is 19.0 Å². The average molecular weight is 215 g/mol. The normalized spacial score (nSPS) is 14.1. The summed E-state index contributed by atoms with van der Waals surface area (Å²) in [6.45, 7) is 0.890. The molecule has 0 bridgehead atoms. The van der Waals surface area contributed by atoms with E-state index in [0.717, 1.165) is 30.9 Å². The monoisotopic (exact) mass is 215 g/mol. The quantitative estimate of drug-likeness (QED) is 0.822. The molecule has 0 radical (unpaired) electrons. The summed E-state index contributed by atoms with van der Waals surface area (Å²) in [5.74, 6) is 1.66. The highest BCUT2D eigenvalue weighted by molar-refractivity contribution is 5.97. The highest BCUT2D eigenvalue weighted by Crippen LogP contribution is 2.26. The van der Waals surface area contributed by atoms with E-state index < -0.39 is 0 Å². The molecule has 1 heterocycles. The van der Waals surface area contributed by atoms with Gasteiger partial charge in [-0.3, -0.25) is 4.99 Å². The molecule has 0 unspecified atom stereocenters. The number of benzene rings is 1. The zero-order chi connectivity index (χ0) is 11.4. The highest BCUT2D eigenvalue weighted by Gasteiger charge is 2.09. The molecule has 0 atom stereocenters. The summed E-state index contributed by atoms with van der Waals surface area (Å²) < 4.78 is 5.23. The van der Waals surface area contributed by atoms with Crippen LogP contribution in [0.1, 0.15) is 18.4 Å². The molecule has 1 aromatic carbocycles. The van der Waals surface area contributed by atoms with E-state index in [4.69, 9.17) is 10.00 Å². The van der Waals surface area contributed by atoms with Crippen molar-refractivity contribution in [3.8, 4) is 11.8 Å². The second-order valence-electron chi connectivity index (χ2n) is 3.58. The van der Waals surface area contributed by atoms with Gasteiger partial charge in [0.1, 0.15) is 11.6 Å². The van der Waals surface area contributed by atoms with Crippen molar-refractivity contribution in [1.82, 2.24) is 0 Å². The average Bonchev–Trinajstić information content (AvgIpc) is 2.82. The molecule has 82 valence electrons. The topological polar surface area (TPSA) is 57.4 Å². The molecule has 2 rings (SSSR count). The maximum atomic E-state index is 8.78. The molecule has 4 nitrogen and oxygen atoms in total. The summed E-state index contributed by atoms with van der Waals surface area (Å²) in [4.78, 5) is 4.33. The lowest BCUT2D eigenvalue weighted by Crippen LogP contribution is -2.09. The van der Waals surface area contributed by atoms with Gasteiger partial charge < -0.3 is 10.1 Å². The Balaban J connectivity index is 2.23. The summed E-state index contributed by atoms with van der Waals surface area (Å²) in [6.07, 6.45) is 2.07. The lowest BCUT2D eigenvalue weighted by molar-refractivity contribution is 0.417. The number of rotatable bonds is 2. The number of hydrogen-bond donors (Lipinski definition) is 1. The number of nitrogens with zero attached hydrogens (tertiary/aromatic N) is 2. The van der Waals surface area contributed by atoms with Crippen molar-refractivity contribution >= 4 is 11.5 Å². The Labute approximate surface area is 94.6 Å². The van der Waals surface area contributed by atoms with Gasteiger partial charge in [-0.05, 0) is 18.6 Å². The van der Waals surface area contributed by atoms with Crippen LogP contribution in [0.25, 0.3) is 0 Å². The van der Waals surface area contributed by atoms with Gasteiger partial charge >= 0.3 is 0 Å². The summed E-state index contributed by atoms with van der Waals surface area (Å²) in [5.41, 5.74) is 1.46. The Morgan fingerprint density at radius 3 is 3.00 bits per heavy atom. The molecule has 0 aliphatic carbocycles. The van der Waals surface area contributed by atoms with Gasteiger partial charge in [0.2, 0.25) is 0 Å². The first kappa shape index (κ1) is 10.5. The van der Waals surface area contributed by atoms with Crippen LogP contribution in [0.3, 0.4) is 0 Å². The number of methoxy groups -OCH3 is 1. The third-order valence-corrected chi connectivity index (χ3v) is 2.48. The zero-order valence-electron chi connectivity index (χ0n) is 9.16. The molecule has 0 aromatic heterocycles. The smallest absolute Gasteiger partial charge is 0.143 e. The fourth-order valence-electron chi connectivity index (χ4n) is 1.66. The molecule has 0 saturated heterocycles. The molecule has 0 amide bonds. The fraction of sp³-hybridized carbons (Fsp3) is 0.333. The molecular formula is C12H13N3O. The minimum absolute atomic E-state index is 0.593. The largest absolute Gasteiger partial charge is 0.495 e. The minimum Gasteiger partial charge on any atom is -0.495 e. The van der Waals surface area contributed by atoms with Gasteiger partial charge in [-0.25, -0.2) is 0 Å². The molecule has 1 aromatic rings. The molecule has 1 aliphatic rings. The maximum absolute atomic E-state index is 8.78. The fourth-order valence-corrected chi connectivity index (χ4v) is 1.66. The van der Waals surface area contributed by atoms with Crippen LogP contribution in [0.5, 0.6) is 5.75 Å². The SMILES string of the molecule is COc1cc(C#N)ccc1NC1=NCCC1. The Morgan fingerprint density at radius 2 is 2.38 bits per heavy atom. The van der Waals surface area contributed by atoms with Crippen LogP contribution < -0.4 is 10.1 Å². The van der Waals surface area contributed by atoms with Crippen LogP contribution in [0.4, 0.5) is 5.69 Å². The van der Waals surface area contributed by atoms with E-state index in [9.17, 15) is 0 Å². The zero-order valence-corrected chi connectivity index (χ0v) is 9.16. The predicted octanol–water partition coefficient (Wildman–Crippen LogP) is 2.17. The Bertz CT molecular complexity index is 460. The van der Waals surface area contributed by atoms with E-state index in [1.165, 1.54) is 0 Å². The maximum Gasteiger partial charge on any atom is 0.143 e. The van der Waals surface area contributed by atoms with Gasteiger partial charge in [-0.1, -0.05) is 0 Å².